The molecule has 1 rings (SSSR count). The Kier molecular flexibility index (Phi) is 5.78. The van der Waals surface area contributed by atoms with Gasteiger partial charge in [0.25, 0.3) is 0 Å². The molecule has 0 fully saturated rings. The van der Waals surface area contributed by atoms with Crippen molar-refractivity contribution < 1.29 is 9.53 Å². The Morgan fingerprint density at radius 3 is 2.53 bits per heavy atom. The Morgan fingerprint density at radius 1 is 1.47 bits per heavy atom. The van der Waals surface area contributed by atoms with Crippen LogP contribution in [0.5, 0.6) is 0 Å². The first kappa shape index (κ1) is 14.3. The number of rotatable bonds is 5. The lowest BCUT2D eigenvalue weighted by Crippen LogP contribution is -2.10. The Hall–Kier alpha value is -0.740. The number of ether oxygens (including phenoxy) is 1. The van der Waals surface area contributed by atoms with Gasteiger partial charge in [-0.3, -0.25) is 0 Å². The van der Waals surface area contributed by atoms with Crippen LogP contribution in [0.4, 0.5) is 0 Å². The molecule has 0 aliphatic carbocycles. The summed E-state index contributed by atoms with van der Waals surface area (Å²) in [6.07, 6.45) is 0. The highest BCUT2D eigenvalue weighted by atomic mass is 79.9. The van der Waals surface area contributed by atoms with Crippen molar-refractivity contribution in [1.82, 2.24) is 0 Å². The fourth-order valence-electron chi connectivity index (χ4n) is 1.44. The van der Waals surface area contributed by atoms with Gasteiger partial charge in [-0.1, -0.05) is 41.6 Å². The van der Waals surface area contributed by atoms with Crippen LogP contribution in [-0.4, -0.2) is 18.8 Å². The van der Waals surface area contributed by atoms with Crippen molar-refractivity contribution in [1.29, 1.82) is 0 Å². The lowest BCUT2D eigenvalue weighted by atomic mass is 10.1. The summed E-state index contributed by atoms with van der Waals surface area (Å²) in [5.74, 6) is 0.565. The maximum absolute atomic E-state index is 11.5. The second-order valence-electron chi connectivity index (χ2n) is 3.40. The predicted molar refractivity (Wildman–Crippen MR) is 76.2 cm³/mol. The van der Waals surface area contributed by atoms with E-state index in [1.165, 1.54) is 7.11 Å². The van der Waals surface area contributed by atoms with E-state index < -0.39 is 0 Å². The fraction of sp³-hybridized carbons (Fsp3) is 0.308. The minimum Gasteiger partial charge on any atom is -0.466 e. The molecule has 0 aliphatic rings. The molecule has 1 aromatic rings. The first-order valence-electron chi connectivity index (χ1n) is 5.24. The number of benzene rings is 1. The minimum absolute atomic E-state index is 0.0412. The highest BCUT2D eigenvalue weighted by molar-refractivity contribution is 9.10. The molecular weight excluding hydrogens is 300 g/mol. The van der Waals surface area contributed by atoms with E-state index in [4.69, 9.17) is 4.74 Å². The molecule has 0 saturated carbocycles. The number of halogens is 1. The summed E-state index contributed by atoms with van der Waals surface area (Å²) in [5.41, 5.74) is 1.55. The van der Waals surface area contributed by atoms with E-state index in [2.05, 4.69) is 29.4 Å². The molecule has 0 N–H and O–H groups in total. The molecule has 4 heteroatoms. The molecule has 92 valence electrons. The van der Waals surface area contributed by atoms with Gasteiger partial charge < -0.3 is 4.74 Å². The molecule has 0 heterocycles. The summed E-state index contributed by atoms with van der Waals surface area (Å²) in [4.78, 5) is 11.5. The second-order valence-corrected chi connectivity index (χ2v) is 5.70. The Morgan fingerprint density at radius 2 is 2.06 bits per heavy atom. The SMILES string of the molecule is C=C(C(=O)OC)C(SCC)c1ccc(Br)cc1. The van der Waals surface area contributed by atoms with Gasteiger partial charge >= 0.3 is 5.97 Å². The Balaban J connectivity index is 2.96. The summed E-state index contributed by atoms with van der Waals surface area (Å²) in [6.45, 7) is 5.89. The smallest absolute Gasteiger partial charge is 0.334 e. The number of thioether (sulfide) groups is 1. The first-order chi connectivity index (χ1) is 8.10. The van der Waals surface area contributed by atoms with Gasteiger partial charge in [-0.05, 0) is 23.4 Å². The zero-order valence-electron chi connectivity index (χ0n) is 9.90. The van der Waals surface area contributed by atoms with Gasteiger partial charge in [-0.25, -0.2) is 4.79 Å². The van der Waals surface area contributed by atoms with Crippen LogP contribution in [0.3, 0.4) is 0 Å². The van der Waals surface area contributed by atoms with Crippen molar-refractivity contribution in [2.75, 3.05) is 12.9 Å². The summed E-state index contributed by atoms with van der Waals surface area (Å²) in [7, 11) is 1.38. The van der Waals surface area contributed by atoms with E-state index in [1.807, 2.05) is 24.3 Å². The van der Waals surface area contributed by atoms with Gasteiger partial charge in [0.05, 0.1) is 12.4 Å². The van der Waals surface area contributed by atoms with Crippen LogP contribution in [0.25, 0.3) is 0 Å². The van der Waals surface area contributed by atoms with Gasteiger partial charge in [0.1, 0.15) is 0 Å². The number of methoxy groups -OCH3 is 1. The van der Waals surface area contributed by atoms with Crippen molar-refractivity contribution in [2.24, 2.45) is 0 Å². The molecule has 0 radical (unpaired) electrons. The van der Waals surface area contributed by atoms with Crippen LogP contribution in [0.1, 0.15) is 17.7 Å². The summed E-state index contributed by atoms with van der Waals surface area (Å²) >= 11 is 5.06. The summed E-state index contributed by atoms with van der Waals surface area (Å²) in [6, 6.07) is 7.91. The van der Waals surface area contributed by atoms with E-state index in [0.717, 1.165) is 15.8 Å². The van der Waals surface area contributed by atoms with Crippen molar-refractivity contribution in [3.05, 3.63) is 46.5 Å². The first-order valence-corrected chi connectivity index (χ1v) is 7.08. The molecular formula is C13H15BrO2S. The summed E-state index contributed by atoms with van der Waals surface area (Å²) in [5, 5.41) is -0.0412. The zero-order chi connectivity index (χ0) is 12.8. The van der Waals surface area contributed by atoms with Gasteiger partial charge in [-0.15, -0.1) is 11.8 Å². The average molecular weight is 315 g/mol. The van der Waals surface area contributed by atoms with Crippen molar-refractivity contribution in [3.63, 3.8) is 0 Å². The van der Waals surface area contributed by atoms with Crippen LogP contribution in [0.2, 0.25) is 0 Å². The average Bonchev–Trinajstić information content (AvgIpc) is 2.35. The van der Waals surface area contributed by atoms with Crippen LogP contribution in [0.15, 0.2) is 40.9 Å². The van der Waals surface area contributed by atoms with Crippen molar-refractivity contribution in [2.45, 2.75) is 12.2 Å². The quantitative estimate of drug-likeness (QED) is 0.607. The number of carbonyl (C=O) groups excluding carboxylic acids is 1. The standard InChI is InChI=1S/C13H15BrO2S/c1-4-17-12(9(2)13(15)16-3)10-5-7-11(14)8-6-10/h5-8,12H,2,4H2,1,3H3. The lowest BCUT2D eigenvalue weighted by molar-refractivity contribution is -0.136. The van der Waals surface area contributed by atoms with E-state index in [1.54, 1.807) is 11.8 Å². The van der Waals surface area contributed by atoms with E-state index in [-0.39, 0.29) is 11.2 Å². The van der Waals surface area contributed by atoms with Crippen molar-refractivity contribution >= 4 is 33.7 Å². The number of carbonyl (C=O) groups is 1. The normalized spacial score (nSPS) is 11.9. The maximum atomic E-state index is 11.5. The predicted octanol–water partition coefficient (Wildman–Crippen LogP) is 3.97. The molecule has 0 bridgehead atoms. The van der Waals surface area contributed by atoms with Gasteiger partial charge in [0.2, 0.25) is 0 Å². The third kappa shape index (κ3) is 3.89. The highest BCUT2D eigenvalue weighted by Gasteiger charge is 2.21. The number of hydrogen-bond donors (Lipinski definition) is 0. The van der Waals surface area contributed by atoms with Crippen molar-refractivity contribution in [3.8, 4) is 0 Å². The van der Waals surface area contributed by atoms with E-state index >= 15 is 0 Å². The molecule has 0 aliphatic heterocycles. The molecule has 0 saturated heterocycles. The molecule has 1 unspecified atom stereocenters. The Labute approximate surface area is 115 Å². The minimum atomic E-state index is -0.348. The third-order valence-corrected chi connectivity index (χ3v) is 4.02. The van der Waals surface area contributed by atoms with Crippen LogP contribution in [-0.2, 0) is 9.53 Å². The molecule has 2 nitrogen and oxygen atoms in total. The second kappa shape index (κ2) is 6.87. The monoisotopic (exact) mass is 314 g/mol. The zero-order valence-corrected chi connectivity index (χ0v) is 12.3. The highest BCUT2D eigenvalue weighted by Crippen LogP contribution is 2.35. The van der Waals surface area contributed by atoms with Gasteiger partial charge in [0, 0.05) is 10.0 Å². The lowest BCUT2D eigenvalue weighted by Gasteiger charge is -2.17. The topological polar surface area (TPSA) is 26.3 Å². The van der Waals surface area contributed by atoms with Crippen LogP contribution in [0, 0.1) is 0 Å². The van der Waals surface area contributed by atoms with Crippen LogP contribution >= 0.6 is 27.7 Å². The molecule has 0 aromatic heterocycles. The molecule has 1 atom stereocenters. The van der Waals surface area contributed by atoms with E-state index in [9.17, 15) is 4.79 Å². The number of esters is 1. The van der Waals surface area contributed by atoms with Gasteiger partial charge in [-0.2, -0.15) is 0 Å². The fourth-order valence-corrected chi connectivity index (χ4v) is 2.69. The molecule has 0 amide bonds. The Bertz CT molecular complexity index is 400. The third-order valence-electron chi connectivity index (χ3n) is 2.27. The van der Waals surface area contributed by atoms with E-state index in [0.29, 0.717) is 5.57 Å². The largest absolute Gasteiger partial charge is 0.466 e. The van der Waals surface area contributed by atoms with Crippen LogP contribution < -0.4 is 0 Å². The molecule has 17 heavy (non-hydrogen) atoms. The summed E-state index contributed by atoms with van der Waals surface area (Å²) < 4.78 is 5.74. The molecule has 1 aromatic carbocycles. The number of hydrogen-bond acceptors (Lipinski definition) is 3. The van der Waals surface area contributed by atoms with Gasteiger partial charge in [0.15, 0.2) is 0 Å². The molecule has 0 spiro atoms. The maximum Gasteiger partial charge on any atom is 0.334 e.